The van der Waals surface area contributed by atoms with Crippen LogP contribution in [0.4, 0.5) is 39.5 Å². The van der Waals surface area contributed by atoms with Gasteiger partial charge >= 0.3 is 31.4 Å². The Morgan fingerprint density at radius 2 is 0.952 bits per heavy atom. The molecule has 0 aromatic carbocycles. The van der Waals surface area contributed by atoms with Crippen LogP contribution in [-0.4, -0.2) is 39.6 Å². The molecule has 0 spiro atoms. The van der Waals surface area contributed by atoms with Gasteiger partial charge in [0.2, 0.25) is 0 Å². The van der Waals surface area contributed by atoms with Crippen molar-refractivity contribution in [2.45, 2.75) is 37.4 Å². The molecular formula is C8H10ClF9O2Si. The highest BCUT2D eigenvalue weighted by atomic mass is 35.6. The lowest BCUT2D eigenvalue weighted by Gasteiger charge is -2.44. The van der Waals surface area contributed by atoms with E-state index in [0.29, 0.717) is 0 Å². The predicted octanol–water partition coefficient (Wildman–Crippen LogP) is 4.66. The van der Waals surface area contributed by atoms with Crippen LogP contribution in [0.5, 0.6) is 0 Å². The maximum atomic E-state index is 12.9. The third-order valence-corrected chi connectivity index (χ3v) is 6.95. The predicted molar refractivity (Wildman–Crippen MR) is 55.7 cm³/mol. The van der Waals surface area contributed by atoms with Gasteiger partial charge in [-0.15, -0.1) is 0 Å². The van der Waals surface area contributed by atoms with E-state index in [1.807, 2.05) is 0 Å². The van der Waals surface area contributed by atoms with Crippen molar-refractivity contribution in [2.75, 3.05) is 13.2 Å². The van der Waals surface area contributed by atoms with Gasteiger partial charge in [0.15, 0.2) is 0 Å². The van der Waals surface area contributed by atoms with E-state index < -0.39 is 44.7 Å². The summed E-state index contributed by atoms with van der Waals surface area (Å²) in [5.41, 5.74) is 0. The molecule has 0 bridgehead atoms. The molecular weight excluding hydrogens is 363 g/mol. The molecule has 0 saturated heterocycles. The minimum absolute atomic E-state index is 0.900. The zero-order valence-corrected chi connectivity index (χ0v) is 12.3. The average Bonchev–Trinajstić information content (AvgIpc) is 2.09. The molecule has 21 heavy (non-hydrogen) atoms. The Balaban J connectivity index is 6.65. The van der Waals surface area contributed by atoms with E-state index >= 15 is 0 Å². The van der Waals surface area contributed by atoms with Crippen molar-refractivity contribution in [3.63, 3.8) is 0 Å². The molecule has 0 unspecified atom stereocenters. The molecule has 0 atom stereocenters. The Bertz CT molecular complexity index is 309. The lowest BCUT2D eigenvalue weighted by atomic mass is 10.1. The van der Waals surface area contributed by atoms with Crippen LogP contribution in [0.1, 0.15) is 13.8 Å². The van der Waals surface area contributed by atoms with Gasteiger partial charge in [0.25, 0.3) is 0 Å². The minimum Gasteiger partial charge on any atom is -0.382 e. The van der Waals surface area contributed by atoms with Crippen LogP contribution in [0.25, 0.3) is 0 Å². The summed E-state index contributed by atoms with van der Waals surface area (Å²) in [7, 11) is -6.34. The van der Waals surface area contributed by atoms with E-state index in [0.717, 1.165) is 13.8 Å². The number of hydrogen-bond donors (Lipinski definition) is 0. The molecule has 0 rings (SSSR count). The summed E-state index contributed by atoms with van der Waals surface area (Å²) in [6.07, 6.45) is -20.4. The summed E-state index contributed by atoms with van der Waals surface area (Å²) >= 11 is 5.05. The van der Waals surface area contributed by atoms with Crippen molar-refractivity contribution >= 4 is 18.9 Å². The highest BCUT2D eigenvalue weighted by Crippen LogP contribution is 2.70. The summed E-state index contributed by atoms with van der Waals surface area (Å²) < 4.78 is 124. The third-order valence-electron chi connectivity index (χ3n) is 2.38. The quantitative estimate of drug-likeness (QED) is 0.397. The van der Waals surface area contributed by atoms with Gasteiger partial charge in [-0.3, -0.25) is 0 Å². The fourth-order valence-corrected chi connectivity index (χ4v) is 5.51. The molecule has 13 heteroatoms. The van der Waals surface area contributed by atoms with Crippen LogP contribution < -0.4 is 0 Å². The lowest BCUT2D eigenvalue weighted by Crippen LogP contribution is -2.69. The van der Waals surface area contributed by atoms with Crippen LogP contribution in [0.3, 0.4) is 0 Å². The van der Waals surface area contributed by atoms with Gasteiger partial charge in [0.05, 0.1) is 0 Å². The summed E-state index contributed by atoms with van der Waals surface area (Å²) in [6.45, 7) is -0.0342. The number of rotatable bonds is 5. The van der Waals surface area contributed by atoms with Gasteiger partial charge in [-0.25, -0.2) is 0 Å². The fraction of sp³-hybridized carbons (Fsp3) is 1.00. The molecule has 0 fully saturated rings. The normalized spacial score (nSPS) is 15.4. The van der Waals surface area contributed by atoms with Crippen molar-refractivity contribution < 1.29 is 48.4 Å². The van der Waals surface area contributed by atoms with E-state index in [4.69, 9.17) is 11.1 Å². The molecule has 0 saturated carbocycles. The van der Waals surface area contributed by atoms with Gasteiger partial charge in [-0.05, 0) is 13.8 Å². The lowest BCUT2D eigenvalue weighted by molar-refractivity contribution is -0.364. The van der Waals surface area contributed by atoms with Crippen LogP contribution >= 0.6 is 11.1 Å². The zero-order chi connectivity index (χ0) is 17.3. The van der Waals surface area contributed by atoms with Crippen molar-refractivity contribution in [1.29, 1.82) is 0 Å². The largest absolute Gasteiger partial charge is 0.478 e. The molecule has 0 aromatic heterocycles. The highest BCUT2D eigenvalue weighted by molar-refractivity contribution is 7.15. The van der Waals surface area contributed by atoms with Gasteiger partial charge in [-0.1, -0.05) is 11.1 Å². The monoisotopic (exact) mass is 372 g/mol. The number of halogens is 10. The van der Waals surface area contributed by atoms with Crippen molar-refractivity contribution in [1.82, 2.24) is 0 Å². The van der Waals surface area contributed by atoms with Gasteiger partial charge < -0.3 is 8.85 Å². The molecule has 128 valence electrons. The van der Waals surface area contributed by atoms with Crippen molar-refractivity contribution in [3.05, 3.63) is 0 Å². The van der Waals surface area contributed by atoms with Crippen molar-refractivity contribution in [2.24, 2.45) is 0 Å². The fourth-order valence-electron chi connectivity index (χ4n) is 1.62. The molecule has 2 nitrogen and oxygen atoms in total. The van der Waals surface area contributed by atoms with Crippen LogP contribution in [0.15, 0.2) is 0 Å². The summed E-state index contributed by atoms with van der Waals surface area (Å²) in [5, 5.41) is -6.27. The zero-order valence-electron chi connectivity index (χ0n) is 10.5. The molecule has 0 aliphatic carbocycles. The smallest absolute Gasteiger partial charge is 0.382 e. The maximum Gasteiger partial charge on any atom is 0.478 e. The number of hydrogen-bond acceptors (Lipinski definition) is 2. The molecule has 0 N–H and O–H groups in total. The van der Waals surface area contributed by atoms with E-state index in [1.54, 1.807) is 0 Å². The Hall–Kier alpha value is -0.203. The number of alkyl halides is 9. The Kier molecular flexibility index (Phi) is 6.06. The first-order valence-electron chi connectivity index (χ1n) is 5.29. The maximum absolute atomic E-state index is 12.9. The van der Waals surface area contributed by atoms with Crippen molar-refractivity contribution in [3.8, 4) is 0 Å². The van der Waals surface area contributed by atoms with Crippen LogP contribution in [0, 0.1) is 0 Å². The van der Waals surface area contributed by atoms with E-state index in [2.05, 4.69) is 8.85 Å². The second-order valence-electron chi connectivity index (χ2n) is 3.65. The van der Waals surface area contributed by atoms with Gasteiger partial charge in [0.1, 0.15) is 0 Å². The Morgan fingerprint density at radius 1 is 0.714 bits per heavy atom. The SMILES string of the molecule is CCO[Si](Cl)(OCC)C(C(F)(F)F)(C(F)(F)F)C(F)(F)F. The highest BCUT2D eigenvalue weighted by Gasteiger charge is 2.94. The summed E-state index contributed by atoms with van der Waals surface area (Å²) in [6, 6.07) is 0. The van der Waals surface area contributed by atoms with E-state index in [9.17, 15) is 39.5 Å². The first kappa shape index (κ1) is 20.8. The second kappa shape index (κ2) is 6.12. The van der Waals surface area contributed by atoms with Crippen LogP contribution in [-0.2, 0) is 8.85 Å². The summed E-state index contributed by atoms with van der Waals surface area (Å²) in [5.74, 6) is 0. The standard InChI is InChI=1S/C8H10ClF9O2Si/c1-3-19-21(9,20-4-2)5(6(10,11)12,7(13,14)15)8(16,17)18/h3-4H2,1-2H3. The minimum atomic E-state index is -6.80. The molecule has 0 aliphatic heterocycles. The molecule has 0 radical (unpaired) electrons. The van der Waals surface area contributed by atoms with Gasteiger partial charge in [0, 0.05) is 13.2 Å². The van der Waals surface area contributed by atoms with E-state index in [-0.39, 0.29) is 0 Å². The topological polar surface area (TPSA) is 18.5 Å². The van der Waals surface area contributed by atoms with Gasteiger partial charge in [-0.2, -0.15) is 39.5 Å². The molecule has 0 aromatic rings. The van der Waals surface area contributed by atoms with Crippen LogP contribution in [0.2, 0.25) is 5.04 Å². The first-order valence-corrected chi connectivity index (χ1v) is 8.12. The average molecular weight is 373 g/mol. The molecule has 0 aliphatic rings. The Morgan fingerprint density at radius 3 is 1.10 bits per heavy atom. The summed E-state index contributed by atoms with van der Waals surface area (Å²) in [4.78, 5) is 0. The molecule has 0 heterocycles. The Labute approximate surface area is 119 Å². The molecule has 0 amide bonds. The second-order valence-corrected chi connectivity index (χ2v) is 7.54. The van der Waals surface area contributed by atoms with E-state index in [1.165, 1.54) is 0 Å². The first-order chi connectivity index (χ1) is 9.12. The third kappa shape index (κ3) is 3.27.